The Kier molecular flexibility index (Phi) is 4.95. The zero-order valence-corrected chi connectivity index (χ0v) is 12.2. The van der Waals surface area contributed by atoms with Crippen molar-refractivity contribution in [1.82, 2.24) is 0 Å². The molecule has 0 aliphatic heterocycles. The molecule has 0 bridgehead atoms. The van der Waals surface area contributed by atoms with Gasteiger partial charge in [-0.15, -0.1) is 0 Å². The van der Waals surface area contributed by atoms with Crippen LogP contribution in [-0.2, 0) is 14.3 Å². The Hall–Kier alpha value is -1.08. The van der Waals surface area contributed by atoms with Crippen molar-refractivity contribution in [2.45, 2.75) is 0 Å². The van der Waals surface area contributed by atoms with Crippen LogP contribution in [0.5, 0.6) is 5.75 Å². The Bertz CT molecular complexity index is 462. The fraction of sp³-hybridized carbons (Fsp3) is 0.200. The maximum atomic E-state index is 11.3. The highest BCUT2D eigenvalue weighted by Gasteiger charge is 2.16. The van der Waals surface area contributed by atoms with Crippen LogP contribution >= 0.6 is 31.9 Å². The highest BCUT2D eigenvalue weighted by Crippen LogP contribution is 2.34. The van der Waals surface area contributed by atoms with Crippen molar-refractivity contribution in [3.63, 3.8) is 0 Å². The first-order valence-electron chi connectivity index (χ1n) is 4.42. The van der Waals surface area contributed by atoms with Gasteiger partial charge in [0.05, 0.1) is 24.4 Å². The number of carbonyl (C=O) groups excluding carboxylic acids is 2. The van der Waals surface area contributed by atoms with Gasteiger partial charge in [-0.25, -0.2) is 4.79 Å². The molecule has 1 aromatic rings. The van der Waals surface area contributed by atoms with E-state index < -0.39 is 11.9 Å². The van der Waals surface area contributed by atoms with Gasteiger partial charge in [0.2, 0.25) is 0 Å². The lowest BCUT2D eigenvalue weighted by atomic mass is 10.3. The maximum Gasteiger partial charge on any atom is 0.396 e. The van der Waals surface area contributed by atoms with E-state index in [0.717, 1.165) is 11.6 Å². The third-order valence-corrected chi connectivity index (χ3v) is 3.14. The molecule has 0 saturated heterocycles. The van der Waals surface area contributed by atoms with E-state index in [0.29, 0.717) is 15.9 Å². The van der Waals surface area contributed by atoms with Gasteiger partial charge >= 0.3 is 11.9 Å². The summed E-state index contributed by atoms with van der Waals surface area (Å²) in [6.45, 7) is 0. The number of rotatable bonds is 2. The smallest absolute Gasteiger partial charge is 0.396 e. The van der Waals surface area contributed by atoms with Gasteiger partial charge in [0.25, 0.3) is 0 Å². The lowest BCUT2D eigenvalue weighted by molar-refractivity contribution is -0.150. The molecule has 1 rings (SSSR count). The summed E-state index contributed by atoms with van der Waals surface area (Å²) >= 11 is 6.55. The van der Waals surface area contributed by atoms with Crippen molar-refractivity contribution in [3.05, 3.63) is 21.1 Å². The van der Waals surface area contributed by atoms with Gasteiger partial charge in [-0.2, -0.15) is 0 Å². The van der Waals surface area contributed by atoms with E-state index in [9.17, 15) is 9.59 Å². The van der Waals surface area contributed by atoms with E-state index in [1.165, 1.54) is 7.11 Å². The fourth-order valence-electron chi connectivity index (χ4n) is 1.05. The number of amides is 1. The lowest BCUT2D eigenvalue weighted by Crippen LogP contribution is -2.24. The Morgan fingerprint density at radius 1 is 1.18 bits per heavy atom. The molecule has 0 fully saturated rings. The van der Waals surface area contributed by atoms with Crippen LogP contribution in [-0.4, -0.2) is 26.1 Å². The predicted molar refractivity (Wildman–Crippen MR) is 69.0 cm³/mol. The molecule has 0 radical (unpaired) electrons. The van der Waals surface area contributed by atoms with Crippen molar-refractivity contribution in [2.75, 3.05) is 19.5 Å². The van der Waals surface area contributed by atoms with Gasteiger partial charge in [-0.1, -0.05) is 0 Å². The number of nitrogens with one attached hydrogen (secondary N) is 1. The highest BCUT2D eigenvalue weighted by atomic mass is 79.9. The second kappa shape index (κ2) is 6.02. The first-order chi connectivity index (χ1) is 7.99. The number of halogens is 2. The van der Waals surface area contributed by atoms with Crippen LogP contribution in [0, 0.1) is 0 Å². The Balaban J connectivity index is 2.99. The first-order valence-corrected chi connectivity index (χ1v) is 6.00. The molecule has 1 N–H and O–H groups in total. The van der Waals surface area contributed by atoms with E-state index >= 15 is 0 Å². The van der Waals surface area contributed by atoms with E-state index in [4.69, 9.17) is 4.74 Å². The average molecular weight is 367 g/mol. The number of benzene rings is 1. The van der Waals surface area contributed by atoms with Gasteiger partial charge in [0, 0.05) is 10.5 Å². The molecule has 0 unspecified atom stereocenters. The summed E-state index contributed by atoms with van der Waals surface area (Å²) in [6.07, 6.45) is 0. The van der Waals surface area contributed by atoms with Crippen molar-refractivity contribution in [1.29, 1.82) is 0 Å². The molecule has 7 heteroatoms. The van der Waals surface area contributed by atoms with E-state index in [1.54, 1.807) is 12.1 Å². The molecule has 17 heavy (non-hydrogen) atoms. The fourth-order valence-corrected chi connectivity index (χ4v) is 2.30. The Morgan fingerprint density at radius 2 is 1.82 bits per heavy atom. The van der Waals surface area contributed by atoms with Gasteiger partial charge in [0.1, 0.15) is 5.75 Å². The summed E-state index contributed by atoms with van der Waals surface area (Å²) in [6, 6.07) is 3.28. The second-order valence-corrected chi connectivity index (χ2v) is 4.62. The van der Waals surface area contributed by atoms with E-state index in [-0.39, 0.29) is 0 Å². The Morgan fingerprint density at radius 3 is 2.35 bits per heavy atom. The molecule has 0 atom stereocenters. The van der Waals surface area contributed by atoms with Crippen LogP contribution in [0.25, 0.3) is 0 Å². The summed E-state index contributed by atoms with van der Waals surface area (Å²) in [4.78, 5) is 22.3. The van der Waals surface area contributed by atoms with Gasteiger partial charge in [-0.05, 0) is 37.9 Å². The molecule has 5 nitrogen and oxygen atoms in total. The van der Waals surface area contributed by atoms with Crippen molar-refractivity contribution < 1.29 is 19.1 Å². The minimum atomic E-state index is -0.959. The zero-order valence-electron chi connectivity index (χ0n) is 9.04. The quantitative estimate of drug-likeness (QED) is 0.644. The molecule has 92 valence electrons. The minimum absolute atomic E-state index is 0.417. The van der Waals surface area contributed by atoms with Crippen LogP contribution in [0.3, 0.4) is 0 Å². The van der Waals surface area contributed by atoms with Crippen LogP contribution in [0.4, 0.5) is 5.69 Å². The summed E-state index contributed by atoms with van der Waals surface area (Å²) in [7, 11) is 2.64. The topological polar surface area (TPSA) is 64.6 Å². The number of ether oxygens (including phenoxy) is 2. The largest absolute Gasteiger partial charge is 0.495 e. The molecule has 0 aromatic heterocycles. The Labute approximate surface area is 115 Å². The molecule has 0 aliphatic carbocycles. The van der Waals surface area contributed by atoms with Crippen LogP contribution in [0.2, 0.25) is 0 Å². The number of hydrogen-bond donors (Lipinski definition) is 1. The summed E-state index contributed by atoms with van der Waals surface area (Å²) in [5, 5.41) is 2.40. The maximum absolute atomic E-state index is 11.3. The number of anilines is 1. The van der Waals surface area contributed by atoms with Crippen LogP contribution < -0.4 is 10.1 Å². The van der Waals surface area contributed by atoms with Crippen molar-refractivity contribution >= 4 is 49.4 Å². The molecular weight excluding hydrogens is 358 g/mol. The minimum Gasteiger partial charge on any atom is -0.495 e. The molecule has 0 saturated carbocycles. The van der Waals surface area contributed by atoms with Crippen LogP contribution in [0.15, 0.2) is 21.1 Å². The van der Waals surface area contributed by atoms with E-state index in [1.807, 2.05) is 0 Å². The zero-order chi connectivity index (χ0) is 13.0. The van der Waals surface area contributed by atoms with E-state index in [2.05, 4.69) is 41.9 Å². The summed E-state index contributed by atoms with van der Waals surface area (Å²) < 4.78 is 10.7. The normalized spacial score (nSPS) is 9.65. The molecule has 0 aliphatic rings. The van der Waals surface area contributed by atoms with Gasteiger partial charge < -0.3 is 14.8 Å². The third-order valence-electron chi connectivity index (χ3n) is 1.86. The molecule has 1 aromatic carbocycles. The molecule has 1 amide bonds. The molecule has 0 heterocycles. The number of hydrogen-bond acceptors (Lipinski definition) is 4. The highest BCUT2D eigenvalue weighted by molar-refractivity contribution is 9.11. The lowest BCUT2D eigenvalue weighted by Gasteiger charge is -2.10. The summed E-state index contributed by atoms with van der Waals surface area (Å²) in [5.74, 6) is -1.27. The number of esters is 1. The van der Waals surface area contributed by atoms with Crippen molar-refractivity contribution in [2.24, 2.45) is 0 Å². The molecule has 0 spiro atoms. The standard InChI is InChI=1S/C10H9Br2NO4/c1-16-8-4-7(5(11)3-6(8)12)13-9(14)10(15)17-2/h3-4H,1-2H3,(H,13,14). The molecular formula is C10H9Br2NO4. The number of methoxy groups -OCH3 is 2. The second-order valence-electron chi connectivity index (χ2n) is 2.91. The third kappa shape index (κ3) is 3.44. The average Bonchev–Trinajstić information content (AvgIpc) is 2.31. The monoisotopic (exact) mass is 365 g/mol. The summed E-state index contributed by atoms with van der Waals surface area (Å²) in [5.41, 5.74) is 0.417. The SMILES string of the molecule is COC(=O)C(=O)Nc1cc(OC)c(Br)cc1Br. The van der Waals surface area contributed by atoms with Crippen molar-refractivity contribution in [3.8, 4) is 5.75 Å². The first kappa shape index (κ1) is 14.0. The number of carbonyl (C=O) groups is 2. The van der Waals surface area contributed by atoms with Gasteiger partial charge in [0.15, 0.2) is 0 Å². The van der Waals surface area contributed by atoms with Crippen LogP contribution in [0.1, 0.15) is 0 Å². The predicted octanol–water partition coefficient (Wildman–Crippen LogP) is 2.33. The van der Waals surface area contributed by atoms with Gasteiger partial charge in [-0.3, -0.25) is 4.79 Å².